The van der Waals surface area contributed by atoms with Crippen LogP contribution in [0.1, 0.15) is 52.7 Å². The molecule has 2 amide bonds. The number of carbonyl (C=O) groups excluding carboxylic acids is 2. The van der Waals surface area contributed by atoms with E-state index in [1.807, 2.05) is 12.1 Å². The summed E-state index contributed by atoms with van der Waals surface area (Å²) in [6.07, 6.45) is 2.36. The molecule has 0 spiro atoms. The molecule has 4 nitrogen and oxygen atoms in total. The van der Waals surface area contributed by atoms with Gasteiger partial charge in [0.05, 0.1) is 17.4 Å². The molecule has 1 atom stereocenters. The van der Waals surface area contributed by atoms with E-state index < -0.39 is 0 Å². The van der Waals surface area contributed by atoms with Crippen molar-refractivity contribution in [3.63, 3.8) is 0 Å². The van der Waals surface area contributed by atoms with Crippen molar-refractivity contribution < 1.29 is 14.0 Å². The van der Waals surface area contributed by atoms with E-state index in [9.17, 15) is 9.59 Å². The molecule has 2 heterocycles. The highest BCUT2D eigenvalue weighted by Crippen LogP contribution is 2.30. The Hall–Kier alpha value is -2.36. The summed E-state index contributed by atoms with van der Waals surface area (Å²) in [5.74, 6) is 1.09. The molecule has 0 aliphatic carbocycles. The lowest BCUT2D eigenvalue weighted by molar-refractivity contribution is 0.0645. The number of rotatable bonds is 5. The molecule has 114 valence electrons. The van der Waals surface area contributed by atoms with Gasteiger partial charge < -0.3 is 4.42 Å². The fourth-order valence-corrected chi connectivity index (χ4v) is 3.02. The molecule has 1 aliphatic heterocycles. The van der Waals surface area contributed by atoms with E-state index in [2.05, 4.69) is 13.8 Å². The summed E-state index contributed by atoms with van der Waals surface area (Å²) in [7, 11) is 0. The third-order valence-electron chi connectivity index (χ3n) is 4.26. The Balaban J connectivity index is 1.75. The van der Waals surface area contributed by atoms with Gasteiger partial charge in [0.15, 0.2) is 0 Å². The van der Waals surface area contributed by atoms with Gasteiger partial charge in [0.1, 0.15) is 5.76 Å². The van der Waals surface area contributed by atoms with E-state index in [0.29, 0.717) is 30.0 Å². The van der Waals surface area contributed by atoms with Crippen molar-refractivity contribution in [2.24, 2.45) is 5.92 Å². The fraction of sp³-hybridized carbons (Fsp3) is 0.333. The van der Waals surface area contributed by atoms with Gasteiger partial charge in [0.25, 0.3) is 11.8 Å². The quantitative estimate of drug-likeness (QED) is 0.791. The van der Waals surface area contributed by atoms with Gasteiger partial charge >= 0.3 is 0 Å². The Labute approximate surface area is 129 Å². The number of benzene rings is 1. The number of hydrogen-bond acceptors (Lipinski definition) is 3. The summed E-state index contributed by atoms with van der Waals surface area (Å²) < 4.78 is 5.50. The molecule has 3 rings (SSSR count). The average molecular weight is 297 g/mol. The minimum absolute atomic E-state index is 0.192. The van der Waals surface area contributed by atoms with Crippen LogP contribution in [0.15, 0.2) is 47.1 Å². The zero-order valence-electron chi connectivity index (χ0n) is 12.8. The van der Waals surface area contributed by atoms with Crippen LogP contribution in [0, 0.1) is 5.92 Å². The predicted octanol–water partition coefficient (Wildman–Crippen LogP) is 3.71. The minimum Gasteiger partial charge on any atom is -0.469 e. The van der Waals surface area contributed by atoms with Crippen LogP contribution in [0.4, 0.5) is 0 Å². The molecule has 0 saturated heterocycles. The second-order valence-corrected chi connectivity index (χ2v) is 5.96. The largest absolute Gasteiger partial charge is 0.469 e. The first-order valence-electron chi connectivity index (χ1n) is 7.58. The molecule has 0 fully saturated rings. The third-order valence-corrected chi connectivity index (χ3v) is 4.26. The zero-order valence-corrected chi connectivity index (χ0v) is 12.8. The summed E-state index contributed by atoms with van der Waals surface area (Å²) in [6, 6.07) is 10.8. The lowest BCUT2D eigenvalue weighted by Crippen LogP contribution is -2.32. The van der Waals surface area contributed by atoms with Crippen LogP contribution in [0.5, 0.6) is 0 Å². The SMILES string of the molecule is CC(C)[C@H](CCN1C(=O)c2ccccc2C1=O)c1ccco1. The molecular formula is C18H19NO3. The molecule has 4 heteroatoms. The summed E-state index contributed by atoms with van der Waals surface area (Å²) in [6.45, 7) is 4.65. The highest BCUT2D eigenvalue weighted by molar-refractivity contribution is 6.21. The van der Waals surface area contributed by atoms with E-state index in [1.54, 1.807) is 30.5 Å². The number of imide groups is 1. The summed E-state index contributed by atoms with van der Waals surface area (Å²) in [4.78, 5) is 26.1. The first-order valence-corrected chi connectivity index (χ1v) is 7.58. The van der Waals surface area contributed by atoms with Gasteiger partial charge in [-0.2, -0.15) is 0 Å². The number of amides is 2. The first-order chi connectivity index (χ1) is 10.6. The van der Waals surface area contributed by atoms with E-state index in [-0.39, 0.29) is 17.7 Å². The van der Waals surface area contributed by atoms with Crippen molar-refractivity contribution >= 4 is 11.8 Å². The van der Waals surface area contributed by atoms with Crippen LogP contribution in [0.2, 0.25) is 0 Å². The Morgan fingerprint density at radius 1 is 1.00 bits per heavy atom. The van der Waals surface area contributed by atoms with Crippen molar-refractivity contribution in [1.82, 2.24) is 4.90 Å². The Morgan fingerprint density at radius 2 is 1.64 bits per heavy atom. The Kier molecular flexibility index (Phi) is 3.84. The number of hydrogen-bond donors (Lipinski definition) is 0. The van der Waals surface area contributed by atoms with E-state index in [4.69, 9.17) is 4.42 Å². The van der Waals surface area contributed by atoms with Crippen LogP contribution in [0.3, 0.4) is 0 Å². The molecule has 1 aromatic heterocycles. The van der Waals surface area contributed by atoms with Crippen molar-refractivity contribution in [3.05, 3.63) is 59.5 Å². The number of carbonyl (C=O) groups is 2. The van der Waals surface area contributed by atoms with Crippen molar-refractivity contribution in [2.45, 2.75) is 26.2 Å². The van der Waals surface area contributed by atoms with Gasteiger partial charge in [-0.05, 0) is 36.6 Å². The molecule has 0 bridgehead atoms. The van der Waals surface area contributed by atoms with Gasteiger partial charge in [0.2, 0.25) is 0 Å². The van der Waals surface area contributed by atoms with Gasteiger partial charge in [-0.25, -0.2) is 0 Å². The van der Waals surface area contributed by atoms with E-state index in [0.717, 1.165) is 5.76 Å². The van der Waals surface area contributed by atoms with Crippen LogP contribution < -0.4 is 0 Å². The van der Waals surface area contributed by atoms with E-state index in [1.165, 1.54) is 4.90 Å². The number of fused-ring (bicyclic) bond motifs is 1. The standard InChI is InChI=1S/C18H19NO3/c1-12(2)13(16-8-5-11-22-16)9-10-19-17(20)14-6-3-4-7-15(14)18(19)21/h3-8,11-13H,9-10H2,1-2H3/t13-/m0/s1. The topological polar surface area (TPSA) is 50.5 Å². The average Bonchev–Trinajstić information content (AvgIpc) is 3.10. The number of furan rings is 1. The molecule has 0 unspecified atom stereocenters. The molecule has 0 saturated carbocycles. The normalized spacial score (nSPS) is 15.5. The third kappa shape index (κ3) is 2.45. The fourth-order valence-electron chi connectivity index (χ4n) is 3.02. The summed E-state index contributed by atoms with van der Waals surface area (Å²) >= 11 is 0. The summed E-state index contributed by atoms with van der Waals surface area (Å²) in [5, 5.41) is 0. The predicted molar refractivity (Wildman–Crippen MR) is 82.7 cm³/mol. The van der Waals surface area contributed by atoms with Crippen LogP contribution in [-0.2, 0) is 0 Å². The minimum atomic E-state index is -0.192. The molecule has 2 aromatic rings. The van der Waals surface area contributed by atoms with Crippen molar-refractivity contribution in [3.8, 4) is 0 Å². The Morgan fingerprint density at radius 3 is 2.14 bits per heavy atom. The molecule has 22 heavy (non-hydrogen) atoms. The van der Waals surface area contributed by atoms with Crippen molar-refractivity contribution in [1.29, 1.82) is 0 Å². The lowest BCUT2D eigenvalue weighted by Gasteiger charge is -2.21. The Bertz CT molecular complexity index is 653. The first kappa shape index (κ1) is 14.6. The van der Waals surface area contributed by atoms with Crippen LogP contribution in [-0.4, -0.2) is 23.3 Å². The molecule has 1 aromatic carbocycles. The highest BCUT2D eigenvalue weighted by atomic mass is 16.3. The molecule has 0 N–H and O–H groups in total. The van der Waals surface area contributed by atoms with E-state index >= 15 is 0 Å². The monoisotopic (exact) mass is 297 g/mol. The lowest BCUT2D eigenvalue weighted by atomic mass is 9.90. The van der Waals surface area contributed by atoms with Gasteiger partial charge in [0, 0.05) is 12.5 Å². The molecular weight excluding hydrogens is 278 g/mol. The maximum atomic E-state index is 12.4. The zero-order chi connectivity index (χ0) is 15.7. The van der Waals surface area contributed by atoms with Gasteiger partial charge in [-0.3, -0.25) is 14.5 Å². The second-order valence-electron chi connectivity index (χ2n) is 5.96. The maximum Gasteiger partial charge on any atom is 0.261 e. The molecule has 1 aliphatic rings. The second kappa shape index (κ2) is 5.79. The van der Waals surface area contributed by atoms with Crippen LogP contribution in [0.25, 0.3) is 0 Å². The van der Waals surface area contributed by atoms with Gasteiger partial charge in [-0.1, -0.05) is 26.0 Å². The van der Waals surface area contributed by atoms with Crippen molar-refractivity contribution in [2.75, 3.05) is 6.54 Å². The van der Waals surface area contributed by atoms with Gasteiger partial charge in [-0.15, -0.1) is 0 Å². The maximum absolute atomic E-state index is 12.4. The van der Waals surface area contributed by atoms with Crippen LogP contribution >= 0.6 is 0 Å². The highest BCUT2D eigenvalue weighted by Gasteiger charge is 2.35. The molecule has 0 radical (unpaired) electrons. The number of nitrogens with zero attached hydrogens (tertiary/aromatic N) is 1. The smallest absolute Gasteiger partial charge is 0.261 e. The summed E-state index contributed by atoms with van der Waals surface area (Å²) in [5.41, 5.74) is 1.01.